The third kappa shape index (κ3) is 6.02. The Morgan fingerprint density at radius 1 is 1.03 bits per heavy atom. The van der Waals surface area contributed by atoms with Gasteiger partial charge in [-0.1, -0.05) is 42.5 Å². The van der Waals surface area contributed by atoms with Gasteiger partial charge >= 0.3 is 5.97 Å². The van der Waals surface area contributed by atoms with Crippen molar-refractivity contribution in [3.05, 3.63) is 94.0 Å². The minimum absolute atomic E-state index is 0.103. The zero-order valence-corrected chi connectivity index (χ0v) is 17.8. The Morgan fingerprint density at radius 3 is 2.60 bits per heavy atom. The third-order valence-corrected chi connectivity index (χ3v) is 4.84. The molecule has 0 aliphatic rings. The van der Waals surface area contributed by atoms with E-state index in [1.165, 1.54) is 6.21 Å². The van der Waals surface area contributed by atoms with Crippen LogP contribution in [0.4, 0.5) is 5.69 Å². The fourth-order valence-electron chi connectivity index (χ4n) is 2.61. The van der Waals surface area contributed by atoms with E-state index in [4.69, 9.17) is 4.74 Å². The molecule has 0 atom stereocenters. The lowest BCUT2D eigenvalue weighted by Gasteiger charge is -2.08. The molecule has 0 spiro atoms. The van der Waals surface area contributed by atoms with Crippen LogP contribution in [0.5, 0.6) is 5.75 Å². The fourth-order valence-corrected chi connectivity index (χ4v) is 3.06. The van der Waals surface area contributed by atoms with Gasteiger partial charge in [-0.2, -0.15) is 5.10 Å². The second-order valence-electron chi connectivity index (χ2n) is 6.40. The lowest BCUT2D eigenvalue weighted by atomic mass is 10.2. The molecular weight excluding hydrogens is 446 g/mol. The highest BCUT2D eigenvalue weighted by Gasteiger charge is 2.11. The molecule has 6 nitrogen and oxygen atoms in total. The normalized spacial score (nSPS) is 10.6. The highest BCUT2D eigenvalue weighted by molar-refractivity contribution is 9.10. The van der Waals surface area contributed by atoms with Crippen molar-refractivity contribution in [3.63, 3.8) is 0 Å². The summed E-state index contributed by atoms with van der Waals surface area (Å²) < 4.78 is 6.08. The first-order chi connectivity index (χ1) is 14.5. The molecule has 0 saturated heterocycles. The minimum atomic E-state index is -0.466. The predicted molar refractivity (Wildman–Crippen MR) is 121 cm³/mol. The number of carbonyl (C=O) groups is 2. The molecule has 0 aromatic heterocycles. The average molecular weight is 466 g/mol. The number of anilines is 1. The number of carbonyl (C=O) groups excluding carboxylic acids is 2. The van der Waals surface area contributed by atoms with E-state index in [0.717, 1.165) is 11.3 Å². The number of nitrogens with one attached hydrogen (secondary N) is 2. The quantitative estimate of drug-likeness (QED) is 0.232. The summed E-state index contributed by atoms with van der Waals surface area (Å²) in [7, 11) is 0. The number of benzene rings is 3. The van der Waals surface area contributed by atoms with Gasteiger partial charge in [0.15, 0.2) is 0 Å². The maximum Gasteiger partial charge on any atom is 0.344 e. The highest BCUT2D eigenvalue weighted by Crippen LogP contribution is 2.19. The van der Waals surface area contributed by atoms with Crippen molar-refractivity contribution in [2.45, 2.75) is 6.92 Å². The largest absolute Gasteiger partial charge is 0.423 e. The number of hydrogen-bond donors (Lipinski definition) is 2. The zero-order valence-electron chi connectivity index (χ0n) is 16.3. The summed E-state index contributed by atoms with van der Waals surface area (Å²) in [6.45, 7) is 2.07. The molecule has 2 N–H and O–H groups in total. The van der Waals surface area contributed by atoms with Crippen molar-refractivity contribution in [2.24, 2.45) is 5.10 Å². The van der Waals surface area contributed by atoms with Gasteiger partial charge in [0.2, 0.25) is 0 Å². The molecule has 1 amide bonds. The number of para-hydroxylation sites is 1. The van der Waals surface area contributed by atoms with Gasteiger partial charge in [-0.05, 0) is 64.3 Å². The van der Waals surface area contributed by atoms with E-state index in [1.807, 2.05) is 37.3 Å². The molecule has 30 heavy (non-hydrogen) atoms. The Bertz CT molecular complexity index is 1080. The van der Waals surface area contributed by atoms with Gasteiger partial charge in [-0.3, -0.25) is 4.79 Å². The van der Waals surface area contributed by atoms with Crippen LogP contribution in [-0.4, -0.2) is 24.6 Å². The lowest BCUT2D eigenvalue weighted by molar-refractivity contribution is -0.119. The maximum atomic E-state index is 12.3. The van der Waals surface area contributed by atoms with Crippen LogP contribution in [0.1, 0.15) is 21.5 Å². The van der Waals surface area contributed by atoms with Crippen LogP contribution in [0.3, 0.4) is 0 Å². The van der Waals surface area contributed by atoms with Crippen molar-refractivity contribution in [1.29, 1.82) is 0 Å². The van der Waals surface area contributed by atoms with Crippen LogP contribution in [0, 0.1) is 6.92 Å². The van der Waals surface area contributed by atoms with Gasteiger partial charge in [-0.15, -0.1) is 0 Å². The van der Waals surface area contributed by atoms with E-state index in [2.05, 4.69) is 31.8 Å². The summed E-state index contributed by atoms with van der Waals surface area (Å²) in [5, 5.41) is 7.02. The number of ether oxygens (including phenoxy) is 1. The Hall–Kier alpha value is -3.45. The number of esters is 1. The summed E-state index contributed by atoms with van der Waals surface area (Å²) in [5.41, 5.74) is 5.54. The maximum absolute atomic E-state index is 12.3. The topological polar surface area (TPSA) is 79.8 Å². The number of amides is 1. The predicted octanol–water partition coefficient (Wildman–Crippen LogP) is 4.54. The SMILES string of the molecule is Cc1ccccc1NCC(=O)N/N=C/c1cccc(OC(=O)c2ccccc2Br)c1. The monoisotopic (exact) mass is 465 g/mol. The van der Waals surface area contributed by atoms with Crippen LogP contribution >= 0.6 is 15.9 Å². The molecule has 0 bridgehead atoms. The van der Waals surface area contributed by atoms with Gasteiger partial charge in [-0.25, -0.2) is 10.2 Å². The Balaban J connectivity index is 1.54. The summed E-state index contributed by atoms with van der Waals surface area (Å²) in [4.78, 5) is 24.3. The molecule has 7 heteroatoms. The van der Waals surface area contributed by atoms with E-state index >= 15 is 0 Å². The number of aryl methyl sites for hydroxylation is 1. The van der Waals surface area contributed by atoms with Crippen LogP contribution in [-0.2, 0) is 4.79 Å². The van der Waals surface area contributed by atoms with Crippen LogP contribution in [0.2, 0.25) is 0 Å². The average Bonchev–Trinajstić information content (AvgIpc) is 2.74. The highest BCUT2D eigenvalue weighted by atomic mass is 79.9. The van der Waals surface area contributed by atoms with Crippen molar-refractivity contribution >= 4 is 39.7 Å². The summed E-state index contributed by atoms with van der Waals surface area (Å²) in [6.07, 6.45) is 1.49. The first-order valence-corrected chi connectivity index (χ1v) is 10.0. The summed E-state index contributed by atoms with van der Waals surface area (Å²) in [5.74, 6) is -0.356. The molecule has 0 radical (unpaired) electrons. The number of nitrogens with zero attached hydrogens (tertiary/aromatic N) is 1. The Morgan fingerprint density at radius 2 is 1.80 bits per heavy atom. The molecule has 0 aliphatic carbocycles. The van der Waals surface area contributed by atoms with Gasteiger partial charge in [0.1, 0.15) is 5.75 Å². The first-order valence-electron chi connectivity index (χ1n) is 9.21. The molecule has 3 aromatic rings. The van der Waals surface area contributed by atoms with Gasteiger partial charge in [0, 0.05) is 10.2 Å². The van der Waals surface area contributed by atoms with E-state index in [0.29, 0.717) is 21.3 Å². The van der Waals surface area contributed by atoms with E-state index < -0.39 is 5.97 Å². The Labute approximate surface area is 183 Å². The van der Waals surface area contributed by atoms with Crippen LogP contribution < -0.4 is 15.5 Å². The van der Waals surface area contributed by atoms with Crippen molar-refractivity contribution in [1.82, 2.24) is 5.43 Å². The molecule has 0 saturated carbocycles. The summed E-state index contributed by atoms with van der Waals surface area (Å²) >= 11 is 3.34. The third-order valence-electron chi connectivity index (χ3n) is 4.15. The lowest BCUT2D eigenvalue weighted by Crippen LogP contribution is -2.26. The van der Waals surface area contributed by atoms with Crippen molar-refractivity contribution in [3.8, 4) is 5.75 Å². The van der Waals surface area contributed by atoms with Gasteiger partial charge in [0.05, 0.1) is 18.3 Å². The smallest absolute Gasteiger partial charge is 0.344 e. The van der Waals surface area contributed by atoms with E-state index in [-0.39, 0.29) is 12.5 Å². The standard InChI is InChI=1S/C23H20BrN3O3/c1-16-7-2-5-12-21(16)25-15-22(28)27-26-14-17-8-6-9-18(13-17)30-23(29)19-10-3-4-11-20(19)24/h2-14,25H,15H2,1H3,(H,27,28)/b26-14+. The zero-order chi connectivity index (χ0) is 21.3. The first kappa shape index (κ1) is 21.3. The number of hydrogen-bond acceptors (Lipinski definition) is 5. The van der Waals surface area contributed by atoms with Crippen LogP contribution in [0.15, 0.2) is 82.4 Å². The van der Waals surface area contributed by atoms with E-state index in [1.54, 1.807) is 42.5 Å². The molecular formula is C23H20BrN3O3. The molecule has 3 rings (SSSR count). The van der Waals surface area contributed by atoms with Gasteiger partial charge < -0.3 is 10.1 Å². The second kappa shape index (κ2) is 10.4. The van der Waals surface area contributed by atoms with Crippen LogP contribution in [0.25, 0.3) is 0 Å². The van der Waals surface area contributed by atoms with E-state index in [9.17, 15) is 9.59 Å². The fraction of sp³-hybridized carbons (Fsp3) is 0.0870. The van der Waals surface area contributed by atoms with Crippen molar-refractivity contribution < 1.29 is 14.3 Å². The number of rotatable bonds is 7. The molecule has 0 heterocycles. The minimum Gasteiger partial charge on any atom is -0.423 e. The molecule has 0 fully saturated rings. The van der Waals surface area contributed by atoms with Crippen molar-refractivity contribution in [2.75, 3.05) is 11.9 Å². The number of halogens is 1. The Kier molecular flexibility index (Phi) is 7.34. The number of hydrazone groups is 1. The second-order valence-corrected chi connectivity index (χ2v) is 7.26. The molecule has 3 aromatic carbocycles. The molecule has 0 aliphatic heterocycles. The molecule has 152 valence electrons. The molecule has 0 unspecified atom stereocenters. The van der Waals surface area contributed by atoms with Gasteiger partial charge in [0.25, 0.3) is 5.91 Å². The summed E-state index contributed by atoms with van der Waals surface area (Å²) in [6, 6.07) is 21.6.